The van der Waals surface area contributed by atoms with E-state index in [1.54, 1.807) is 19.0 Å². The van der Waals surface area contributed by atoms with Gasteiger partial charge < -0.3 is 10.2 Å². The summed E-state index contributed by atoms with van der Waals surface area (Å²) >= 11 is 1.34. The van der Waals surface area contributed by atoms with E-state index in [4.69, 9.17) is 0 Å². The van der Waals surface area contributed by atoms with Crippen LogP contribution in [0.1, 0.15) is 18.1 Å². The van der Waals surface area contributed by atoms with Crippen molar-refractivity contribution in [1.29, 1.82) is 0 Å². The molecule has 22 heavy (non-hydrogen) atoms. The Morgan fingerprint density at radius 1 is 1.18 bits per heavy atom. The van der Waals surface area contributed by atoms with Gasteiger partial charge in [-0.05, 0) is 23.0 Å². The number of nitrogens with one attached hydrogen (secondary N) is 1. The second-order valence-electron chi connectivity index (χ2n) is 5.24. The molecule has 0 atom stereocenters. The van der Waals surface area contributed by atoms with Crippen LogP contribution in [0.4, 0.5) is 0 Å². The molecular formula is C17H22N2O2S. The smallest absolute Gasteiger partial charge is 0.229 e. The van der Waals surface area contributed by atoms with Gasteiger partial charge in [0.25, 0.3) is 0 Å². The number of thioether (sulfide) groups is 1. The molecule has 0 unspecified atom stereocenters. The Kier molecular flexibility index (Phi) is 6.92. The number of nitrogens with zero attached hydrogens (tertiary/aromatic N) is 1. The van der Waals surface area contributed by atoms with Crippen molar-refractivity contribution in [2.45, 2.75) is 19.8 Å². The van der Waals surface area contributed by atoms with Crippen LogP contribution in [0.3, 0.4) is 0 Å². The Morgan fingerprint density at radius 2 is 1.77 bits per heavy atom. The summed E-state index contributed by atoms with van der Waals surface area (Å²) in [6.07, 6.45) is 0.584. The first-order chi connectivity index (χ1) is 10.3. The topological polar surface area (TPSA) is 49.4 Å². The quantitative estimate of drug-likeness (QED) is 0.841. The molecule has 1 rings (SSSR count). The van der Waals surface area contributed by atoms with E-state index in [1.165, 1.54) is 11.8 Å². The van der Waals surface area contributed by atoms with E-state index in [0.29, 0.717) is 11.4 Å². The number of amides is 2. The molecule has 0 heterocycles. The van der Waals surface area contributed by atoms with Crippen LogP contribution in [-0.4, -0.2) is 30.8 Å². The third-order valence-electron chi connectivity index (χ3n) is 2.79. The molecule has 0 saturated heterocycles. The standard InChI is InChI=1S/C17H22N2O2S/c1-12(2)22-13(3)18-16(20)10-14-7-6-8-15(9-14)11-17(21)19(4)5/h6-9H,1,3,10-11H2,2,4-5H3,(H,18,20). The van der Waals surface area contributed by atoms with E-state index >= 15 is 0 Å². The number of rotatable bonds is 7. The summed E-state index contributed by atoms with van der Waals surface area (Å²) in [6, 6.07) is 7.50. The molecule has 0 aliphatic heterocycles. The molecule has 118 valence electrons. The molecule has 0 fully saturated rings. The highest BCUT2D eigenvalue weighted by Gasteiger charge is 2.09. The van der Waals surface area contributed by atoms with Crippen molar-refractivity contribution in [3.8, 4) is 0 Å². The molecular weight excluding hydrogens is 296 g/mol. The van der Waals surface area contributed by atoms with E-state index < -0.39 is 0 Å². The molecule has 0 radical (unpaired) electrons. The largest absolute Gasteiger partial charge is 0.349 e. The summed E-state index contributed by atoms with van der Waals surface area (Å²) in [5.74, 6) is -0.0947. The molecule has 0 aliphatic carbocycles. The van der Waals surface area contributed by atoms with Crippen molar-refractivity contribution in [3.63, 3.8) is 0 Å². The van der Waals surface area contributed by atoms with Gasteiger partial charge in [-0.25, -0.2) is 0 Å². The molecule has 5 heteroatoms. The SMILES string of the molecule is C=C(C)SC(=C)NC(=O)Cc1cccc(CC(=O)N(C)C)c1. The average Bonchev–Trinajstić information content (AvgIpc) is 2.37. The summed E-state index contributed by atoms with van der Waals surface area (Å²) in [7, 11) is 3.45. The number of hydrogen-bond acceptors (Lipinski definition) is 3. The first kappa shape index (κ1) is 18.0. The predicted octanol–water partition coefficient (Wildman–Crippen LogP) is 2.71. The van der Waals surface area contributed by atoms with Gasteiger partial charge in [-0.1, -0.05) is 49.2 Å². The molecule has 2 amide bonds. The Labute approximate surface area is 136 Å². The van der Waals surface area contributed by atoms with Crippen LogP contribution in [0.25, 0.3) is 0 Å². The maximum absolute atomic E-state index is 12.0. The minimum Gasteiger partial charge on any atom is -0.349 e. The highest BCUT2D eigenvalue weighted by molar-refractivity contribution is 8.06. The van der Waals surface area contributed by atoms with E-state index in [9.17, 15) is 9.59 Å². The fourth-order valence-electron chi connectivity index (χ4n) is 1.80. The maximum Gasteiger partial charge on any atom is 0.229 e. The molecule has 1 N–H and O–H groups in total. The Morgan fingerprint density at radius 3 is 2.32 bits per heavy atom. The molecule has 4 nitrogen and oxygen atoms in total. The van der Waals surface area contributed by atoms with Crippen molar-refractivity contribution in [2.24, 2.45) is 0 Å². The van der Waals surface area contributed by atoms with Gasteiger partial charge in [0.05, 0.1) is 17.9 Å². The fourth-order valence-corrected chi connectivity index (χ4v) is 2.39. The molecule has 1 aromatic carbocycles. The van der Waals surface area contributed by atoms with Gasteiger partial charge in [-0.15, -0.1) is 0 Å². The molecule has 0 aromatic heterocycles. The fraction of sp³-hybridized carbons (Fsp3) is 0.294. The third kappa shape index (κ3) is 6.63. The first-order valence-corrected chi connectivity index (χ1v) is 7.69. The lowest BCUT2D eigenvalue weighted by atomic mass is 10.1. The summed E-state index contributed by atoms with van der Waals surface area (Å²) in [5, 5.41) is 3.30. The van der Waals surface area contributed by atoms with Gasteiger partial charge in [0.2, 0.25) is 11.8 Å². The highest BCUT2D eigenvalue weighted by Crippen LogP contribution is 2.19. The number of likely N-dealkylation sites (N-methyl/N-ethyl adjacent to an activating group) is 1. The van der Waals surface area contributed by atoms with Crippen molar-refractivity contribution < 1.29 is 9.59 Å². The van der Waals surface area contributed by atoms with Crippen LogP contribution in [-0.2, 0) is 22.4 Å². The number of hydrogen-bond donors (Lipinski definition) is 1. The molecule has 0 bridgehead atoms. The van der Waals surface area contributed by atoms with E-state index in [-0.39, 0.29) is 18.2 Å². The third-order valence-corrected chi connectivity index (χ3v) is 3.48. The zero-order valence-corrected chi connectivity index (χ0v) is 14.1. The van der Waals surface area contributed by atoms with Crippen LogP contribution >= 0.6 is 11.8 Å². The van der Waals surface area contributed by atoms with Crippen molar-refractivity contribution in [3.05, 3.63) is 58.5 Å². The molecule has 1 aromatic rings. The zero-order chi connectivity index (χ0) is 16.7. The molecule has 0 aliphatic rings. The van der Waals surface area contributed by atoms with Gasteiger partial charge in [-0.3, -0.25) is 9.59 Å². The van der Waals surface area contributed by atoms with Crippen LogP contribution < -0.4 is 5.32 Å². The van der Waals surface area contributed by atoms with Gasteiger partial charge >= 0.3 is 0 Å². The minimum atomic E-state index is -0.130. The van der Waals surface area contributed by atoms with E-state index in [2.05, 4.69) is 18.5 Å². The summed E-state index contributed by atoms with van der Waals surface area (Å²) in [5.41, 5.74) is 1.77. The number of allylic oxidation sites excluding steroid dienone is 1. The van der Waals surface area contributed by atoms with Gasteiger partial charge in [0.15, 0.2) is 0 Å². The number of benzene rings is 1. The second kappa shape index (κ2) is 8.44. The second-order valence-corrected chi connectivity index (χ2v) is 6.63. The van der Waals surface area contributed by atoms with Crippen molar-refractivity contribution >= 4 is 23.6 Å². The van der Waals surface area contributed by atoms with Gasteiger partial charge in [-0.2, -0.15) is 0 Å². The number of carbonyl (C=O) groups excluding carboxylic acids is 2. The lowest BCUT2D eigenvalue weighted by molar-refractivity contribution is -0.128. The first-order valence-electron chi connectivity index (χ1n) is 6.88. The summed E-state index contributed by atoms with van der Waals surface area (Å²) < 4.78 is 0. The lowest BCUT2D eigenvalue weighted by Gasteiger charge is -2.11. The maximum atomic E-state index is 12.0. The van der Waals surface area contributed by atoms with Crippen LogP contribution in [0.15, 0.2) is 47.4 Å². The van der Waals surface area contributed by atoms with Crippen LogP contribution in [0, 0.1) is 0 Å². The molecule has 0 spiro atoms. The Balaban J connectivity index is 2.62. The van der Waals surface area contributed by atoms with Crippen molar-refractivity contribution in [1.82, 2.24) is 10.2 Å². The van der Waals surface area contributed by atoms with Gasteiger partial charge in [0.1, 0.15) is 0 Å². The van der Waals surface area contributed by atoms with Crippen LogP contribution in [0.2, 0.25) is 0 Å². The van der Waals surface area contributed by atoms with Crippen molar-refractivity contribution in [2.75, 3.05) is 14.1 Å². The Hall–Kier alpha value is -2.01. The molecule has 0 saturated carbocycles. The average molecular weight is 318 g/mol. The monoisotopic (exact) mass is 318 g/mol. The summed E-state index contributed by atoms with van der Waals surface area (Å²) in [6.45, 7) is 9.38. The lowest BCUT2D eigenvalue weighted by Crippen LogP contribution is -2.24. The minimum absolute atomic E-state index is 0.0350. The summed E-state index contributed by atoms with van der Waals surface area (Å²) in [4.78, 5) is 26.1. The predicted molar refractivity (Wildman–Crippen MR) is 92.2 cm³/mol. The zero-order valence-electron chi connectivity index (χ0n) is 13.3. The van der Waals surface area contributed by atoms with E-state index in [0.717, 1.165) is 16.0 Å². The number of carbonyl (C=O) groups is 2. The highest BCUT2D eigenvalue weighted by atomic mass is 32.2. The normalized spacial score (nSPS) is 9.95. The van der Waals surface area contributed by atoms with Gasteiger partial charge in [0, 0.05) is 14.1 Å². The van der Waals surface area contributed by atoms with E-state index in [1.807, 2.05) is 31.2 Å². The Bertz CT molecular complexity index is 594. The van der Waals surface area contributed by atoms with Crippen LogP contribution in [0.5, 0.6) is 0 Å².